The minimum absolute atomic E-state index is 0.0568. The summed E-state index contributed by atoms with van der Waals surface area (Å²) in [5, 5.41) is 11.7. The summed E-state index contributed by atoms with van der Waals surface area (Å²) in [7, 11) is 1.70. The summed E-state index contributed by atoms with van der Waals surface area (Å²) in [6, 6.07) is 14.6. The maximum Gasteiger partial charge on any atom is 0.222 e. The molecule has 0 aliphatic heterocycles. The topological polar surface area (TPSA) is 112 Å². The molecule has 1 fully saturated rings. The van der Waals surface area contributed by atoms with Crippen LogP contribution in [0.5, 0.6) is 0 Å². The zero-order valence-corrected chi connectivity index (χ0v) is 20.1. The van der Waals surface area contributed by atoms with Crippen LogP contribution >= 0.6 is 11.3 Å². The van der Waals surface area contributed by atoms with Gasteiger partial charge in [-0.2, -0.15) is 5.10 Å². The molecular formula is C26H25N7OS. The molecular weight excluding hydrogens is 458 g/mol. The van der Waals surface area contributed by atoms with Crippen LogP contribution in [-0.4, -0.2) is 37.7 Å². The standard InChI is InChI=1S/C26H25N7OS/c1-28-26(34)16-6-9-18(10-7-16)33-25-22(24(27)29-14-30-25)23(32-33)17-5-4-15-8-11-19(31-20(15)13-17)21-3-2-12-35-21/h2-5,8,11-14,16,18H,6-7,9-10H2,1H3,(H,28,34)(H2,27,29,30). The molecule has 9 heteroatoms. The number of benzene rings is 1. The Morgan fingerprint density at radius 3 is 2.71 bits per heavy atom. The van der Waals surface area contributed by atoms with Crippen LogP contribution in [0.4, 0.5) is 5.82 Å². The molecule has 0 saturated heterocycles. The fourth-order valence-electron chi connectivity index (χ4n) is 5.06. The number of pyridine rings is 1. The number of carbonyl (C=O) groups excluding carboxylic acids is 1. The highest BCUT2D eigenvalue weighted by molar-refractivity contribution is 7.13. The Balaban J connectivity index is 1.42. The lowest BCUT2D eigenvalue weighted by Crippen LogP contribution is -2.31. The van der Waals surface area contributed by atoms with E-state index in [9.17, 15) is 4.79 Å². The second-order valence-electron chi connectivity index (χ2n) is 8.95. The van der Waals surface area contributed by atoms with Gasteiger partial charge in [-0.05, 0) is 49.3 Å². The van der Waals surface area contributed by atoms with Gasteiger partial charge >= 0.3 is 0 Å². The first-order valence-corrected chi connectivity index (χ1v) is 12.7. The Kier molecular flexibility index (Phi) is 5.41. The van der Waals surface area contributed by atoms with Crippen molar-refractivity contribution >= 4 is 45.0 Å². The van der Waals surface area contributed by atoms with E-state index in [4.69, 9.17) is 15.8 Å². The molecule has 1 amide bonds. The Bertz CT molecular complexity index is 1530. The number of anilines is 1. The first-order valence-electron chi connectivity index (χ1n) is 11.8. The molecule has 176 valence electrons. The summed E-state index contributed by atoms with van der Waals surface area (Å²) in [5.41, 5.74) is 10.6. The predicted molar refractivity (Wildman–Crippen MR) is 139 cm³/mol. The highest BCUT2D eigenvalue weighted by Crippen LogP contribution is 2.38. The van der Waals surface area contributed by atoms with Crippen molar-refractivity contribution in [3.05, 3.63) is 54.2 Å². The molecule has 3 N–H and O–H groups in total. The Labute approximate surface area is 206 Å². The first-order chi connectivity index (χ1) is 17.1. The second-order valence-corrected chi connectivity index (χ2v) is 9.90. The van der Waals surface area contributed by atoms with Crippen LogP contribution in [0.2, 0.25) is 0 Å². The lowest BCUT2D eigenvalue weighted by Gasteiger charge is -2.27. The quantitative estimate of drug-likeness (QED) is 0.379. The van der Waals surface area contributed by atoms with Crippen LogP contribution in [0.15, 0.2) is 54.2 Å². The number of amides is 1. The monoisotopic (exact) mass is 483 g/mol. The zero-order chi connectivity index (χ0) is 23.9. The van der Waals surface area contributed by atoms with Crippen molar-refractivity contribution in [2.45, 2.75) is 31.7 Å². The van der Waals surface area contributed by atoms with Crippen molar-refractivity contribution in [3.8, 4) is 21.8 Å². The summed E-state index contributed by atoms with van der Waals surface area (Å²) in [5.74, 6) is 0.587. The van der Waals surface area contributed by atoms with Gasteiger partial charge in [0.25, 0.3) is 0 Å². The van der Waals surface area contributed by atoms with Gasteiger partial charge in [0.15, 0.2) is 5.65 Å². The number of hydrogen-bond donors (Lipinski definition) is 2. The molecule has 4 heterocycles. The summed E-state index contributed by atoms with van der Waals surface area (Å²) in [6.07, 6.45) is 4.87. The number of fused-ring (bicyclic) bond motifs is 2. The van der Waals surface area contributed by atoms with E-state index in [0.717, 1.165) is 69.4 Å². The molecule has 1 aromatic carbocycles. The van der Waals surface area contributed by atoms with Crippen molar-refractivity contribution in [2.75, 3.05) is 12.8 Å². The largest absolute Gasteiger partial charge is 0.383 e. The maximum absolute atomic E-state index is 12.1. The first kappa shape index (κ1) is 21.7. The summed E-state index contributed by atoms with van der Waals surface area (Å²) in [4.78, 5) is 26.9. The average molecular weight is 484 g/mol. The van der Waals surface area contributed by atoms with Crippen molar-refractivity contribution in [1.82, 2.24) is 30.0 Å². The van der Waals surface area contributed by atoms with E-state index in [0.29, 0.717) is 5.82 Å². The van der Waals surface area contributed by atoms with Gasteiger partial charge < -0.3 is 11.1 Å². The number of thiophene rings is 1. The van der Waals surface area contributed by atoms with Gasteiger partial charge in [0.2, 0.25) is 5.91 Å². The highest BCUT2D eigenvalue weighted by Gasteiger charge is 2.29. The highest BCUT2D eigenvalue weighted by atomic mass is 32.1. The van der Waals surface area contributed by atoms with Crippen molar-refractivity contribution in [2.24, 2.45) is 5.92 Å². The molecule has 5 aromatic rings. The number of aromatic nitrogens is 5. The molecule has 1 aliphatic carbocycles. The molecule has 35 heavy (non-hydrogen) atoms. The third-order valence-electron chi connectivity index (χ3n) is 6.92. The Hall–Kier alpha value is -3.85. The molecule has 0 spiro atoms. The molecule has 6 rings (SSSR count). The lowest BCUT2D eigenvalue weighted by atomic mass is 9.85. The Morgan fingerprint density at radius 1 is 1.11 bits per heavy atom. The van der Waals surface area contributed by atoms with Gasteiger partial charge in [-0.3, -0.25) is 4.79 Å². The van der Waals surface area contributed by atoms with Crippen LogP contribution < -0.4 is 11.1 Å². The maximum atomic E-state index is 12.1. The van der Waals surface area contributed by atoms with E-state index >= 15 is 0 Å². The molecule has 0 bridgehead atoms. The summed E-state index contributed by atoms with van der Waals surface area (Å²) >= 11 is 1.68. The number of nitrogen functional groups attached to an aromatic ring is 1. The van der Waals surface area contributed by atoms with Gasteiger partial charge in [-0.25, -0.2) is 19.6 Å². The predicted octanol–water partition coefficient (Wildman–Crippen LogP) is 4.83. The SMILES string of the molecule is CNC(=O)C1CCC(n2nc(-c3ccc4ccc(-c5cccs5)nc4c3)c3c(N)ncnc32)CC1. The number of nitrogens with one attached hydrogen (secondary N) is 1. The van der Waals surface area contributed by atoms with Crippen LogP contribution in [0.3, 0.4) is 0 Å². The number of nitrogens with two attached hydrogens (primary N) is 1. The number of nitrogens with zero attached hydrogens (tertiary/aromatic N) is 5. The van der Waals surface area contributed by atoms with Crippen molar-refractivity contribution in [3.63, 3.8) is 0 Å². The molecule has 1 aliphatic rings. The van der Waals surface area contributed by atoms with E-state index in [1.165, 1.54) is 6.33 Å². The van der Waals surface area contributed by atoms with Gasteiger partial charge in [0.1, 0.15) is 17.8 Å². The van der Waals surface area contributed by atoms with Crippen molar-refractivity contribution in [1.29, 1.82) is 0 Å². The Morgan fingerprint density at radius 2 is 1.94 bits per heavy atom. The summed E-state index contributed by atoms with van der Waals surface area (Å²) < 4.78 is 1.99. The van der Waals surface area contributed by atoms with Crippen LogP contribution in [0.25, 0.3) is 43.8 Å². The van der Waals surface area contributed by atoms with Crippen LogP contribution in [0.1, 0.15) is 31.7 Å². The number of rotatable bonds is 4. The van der Waals surface area contributed by atoms with Crippen LogP contribution in [0, 0.1) is 5.92 Å². The smallest absolute Gasteiger partial charge is 0.222 e. The molecule has 8 nitrogen and oxygen atoms in total. The zero-order valence-electron chi connectivity index (χ0n) is 19.3. The molecule has 4 aromatic heterocycles. The van der Waals surface area contributed by atoms with Gasteiger partial charge in [0.05, 0.1) is 27.5 Å². The number of hydrogen-bond acceptors (Lipinski definition) is 7. The minimum Gasteiger partial charge on any atom is -0.383 e. The normalized spacial score (nSPS) is 18.2. The molecule has 0 unspecified atom stereocenters. The van der Waals surface area contributed by atoms with E-state index < -0.39 is 0 Å². The second kappa shape index (κ2) is 8.74. The van der Waals surface area contributed by atoms with Crippen molar-refractivity contribution < 1.29 is 4.79 Å². The third-order valence-corrected chi connectivity index (χ3v) is 7.81. The van der Waals surface area contributed by atoms with Gasteiger partial charge in [-0.1, -0.05) is 24.3 Å². The van der Waals surface area contributed by atoms with E-state index in [1.807, 2.05) is 10.7 Å². The lowest BCUT2D eigenvalue weighted by molar-refractivity contribution is -0.125. The molecule has 0 atom stereocenters. The average Bonchev–Trinajstić information content (AvgIpc) is 3.57. The molecule has 0 radical (unpaired) electrons. The van der Waals surface area contributed by atoms with Gasteiger partial charge in [0, 0.05) is 23.9 Å². The molecule has 1 saturated carbocycles. The van der Waals surface area contributed by atoms with E-state index in [2.05, 4.69) is 57.1 Å². The van der Waals surface area contributed by atoms with E-state index in [1.54, 1.807) is 18.4 Å². The third kappa shape index (κ3) is 3.81. The van der Waals surface area contributed by atoms with E-state index in [-0.39, 0.29) is 17.9 Å². The van der Waals surface area contributed by atoms with Gasteiger partial charge in [-0.15, -0.1) is 11.3 Å². The fourth-order valence-corrected chi connectivity index (χ4v) is 5.76. The minimum atomic E-state index is 0.0568. The fraction of sp³-hybridized carbons (Fsp3) is 0.269. The number of carbonyl (C=O) groups is 1. The van der Waals surface area contributed by atoms with Crippen LogP contribution in [-0.2, 0) is 4.79 Å². The summed E-state index contributed by atoms with van der Waals surface area (Å²) in [6.45, 7) is 0.